The van der Waals surface area contributed by atoms with Gasteiger partial charge < -0.3 is 20.3 Å². The molecule has 0 saturated carbocycles. The van der Waals surface area contributed by atoms with Gasteiger partial charge in [-0.15, -0.1) is 0 Å². The summed E-state index contributed by atoms with van der Waals surface area (Å²) in [5, 5.41) is 5.79. The second kappa shape index (κ2) is 7.55. The first-order valence-corrected chi connectivity index (χ1v) is 9.51. The molecule has 0 radical (unpaired) electrons. The van der Waals surface area contributed by atoms with Crippen LogP contribution in [0, 0.1) is 5.92 Å². The van der Waals surface area contributed by atoms with Crippen molar-refractivity contribution < 1.29 is 27.5 Å². The van der Waals surface area contributed by atoms with Gasteiger partial charge in [0.15, 0.2) is 11.5 Å². The number of halogens is 3. The van der Waals surface area contributed by atoms with Crippen molar-refractivity contribution in [1.82, 2.24) is 10.2 Å². The number of hydrogen-bond acceptors (Lipinski definition) is 4. The molecule has 0 spiro atoms. The van der Waals surface area contributed by atoms with Crippen LogP contribution in [-0.4, -0.2) is 30.3 Å². The van der Waals surface area contributed by atoms with Crippen LogP contribution in [0.15, 0.2) is 36.4 Å². The second-order valence-electron chi connectivity index (χ2n) is 7.49. The van der Waals surface area contributed by atoms with Crippen LogP contribution >= 0.6 is 0 Å². The van der Waals surface area contributed by atoms with Crippen molar-refractivity contribution in [3.8, 4) is 11.5 Å². The Morgan fingerprint density at radius 1 is 1.20 bits per heavy atom. The third kappa shape index (κ3) is 4.05. The van der Waals surface area contributed by atoms with Gasteiger partial charge in [-0.2, -0.15) is 13.2 Å². The number of carbonyl (C=O) groups is 2. The number of benzene rings is 2. The van der Waals surface area contributed by atoms with E-state index in [4.69, 9.17) is 4.74 Å². The van der Waals surface area contributed by atoms with E-state index in [2.05, 4.69) is 10.6 Å². The van der Waals surface area contributed by atoms with Crippen molar-refractivity contribution in [3.63, 3.8) is 0 Å². The fourth-order valence-electron chi connectivity index (χ4n) is 3.52. The van der Waals surface area contributed by atoms with Gasteiger partial charge in [0.05, 0.1) is 16.9 Å². The van der Waals surface area contributed by atoms with Gasteiger partial charge in [-0.25, -0.2) is 0 Å². The van der Waals surface area contributed by atoms with Crippen molar-refractivity contribution in [1.29, 1.82) is 0 Å². The van der Waals surface area contributed by atoms with E-state index >= 15 is 0 Å². The highest BCUT2D eigenvalue weighted by atomic mass is 19.4. The largest absolute Gasteiger partial charge is 0.453 e. The van der Waals surface area contributed by atoms with Crippen molar-refractivity contribution in [3.05, 3.63) is 47.5 Å². The Morgan fingerprint density at radius 3 is 2.73 bits per heavy atom. The van der Waals surface area contributed by atoms with Crippen molar-refractivity contribution >= 4 is 23.2 Å². The van der Waals surface area contributed by atoms with Crippen molar-refractivity contribution in [2.75, 3.05) is 18.9 Å². The molecule has 1 atom stereocenters. The monoisotopic (exact) mass is 419 g/mol. The van der Waals surface area contributed by atoms with Crippen molar-refractivity contribution in [2.24, 2.45) is 5.92 Å². The van der Waals surface area contributed by atoms with Crippen LogP contribution in [-0.2, 0) is 22.3 Å². The predicted octanol–water partition coefficient (Wildman–Crippen LogP) is 4.04. The minimum atomic E-state index is -4.43. The Bertz CT molecular complexity index is 1010. The molecule has 2 aromatic rings. The molecule has 9 heteroatoms. The van der Waals surface area contributed by atoms with Gasteiger partial charge in [0.2, 0.25) is 11.8 Å². The van der Waals surface area contributed by atoms with Crippen LogP contribution in [0.4, 0.5) is 24.5 Å². The molecule has 2 aliphatic heterocycles. The molecule has 30 heavy (non-hydrogen) atoms. The maximum absolute atomic E-state index is 12.9. The molecule has 0 aliphatic carbocycles. The van der Waals surface area contributed by atoms with E-state index in [1.165, 1.54) is 6.07 Å². The van der Waals surface area contributed by atoms with E-state index in [9.17, 15) is 22.8 Å². The average Bonchev–Trinajstić information content (AvgIpc) is 2.71. The number of rotatable bonds is 3. The molecule has 158 valence electrons. The highest BCUT2D eigenvalue weighted by Crippen LogP contribution is 2.44. The number of hydrogen-bond donors (Lipinski definition) is 2. The Morgan fingerprint density at radius 2 is 2.00 bits per heavy atom. The van der Waals surface area contributed by atoms with Gasteiger partial charge in [0, 0.05) is 32.5 Å². The molecule has 0 bridgehead atoms. The number of fused-ring (bicyclic) bond motifs is 2. The Labute approximate surface area is 171 Å². The summed E-state index contributed by atoms with van der Waals surface area (Å²) in [6.07, 6.45) is -3.60. The van der Waals surface area contributed by atoms with Crippen LogP contribution < -0.4 is 15.4 Å². The summed E-state index contributed by atoms with van der Waals surface area (Å²) < 4.78 is 44.5. The van der Waals surface area contributed by atoms with Gasteiger partial charge >= 0.3 is 6.18 Å². The summed E-state index contributed by atoms with van der Waals surface area (Å²) >= 11 is 0. The van der Waals surface area contributed by atoms with Crippen LogP contribution in [0.1, 0.15) is 24.0 Å². The second-order valence-corrected chi connectivity index (χ2v) is 7.49. The van der Waals surface area contributed by atoms with Crippen LogP contribution in [0.3, 0.4) is 0 Å². The van der Waals surface area contributed by atoms with Crippen molar-refractivity contribution in [2.45, 2.75) is 25.6 Å². The lowest BCUT2D eigenvalue weighted by Gasteiger charge is -2.28. The molecule has 2 aliphatic rings. The number of likely N-dealkylation sites (tertiary alicyclic amines) is 1. The van der Waals surface area contributed by atoms with E-state index in [-0.39, 0.29) is 36.4 Å². The number of nitrogens with zero attached hydrogens (tertiary/aromatic N) is 1. The summed E-state index contributed by atoms with van der Waals surface area (Å²) in [6, 6.07) is 8.43. The Balaban J connectivity index is 1.42. The van der Waals surface area contributed by atoms with E-state index in [1.807, 2.05) is 0 Å². The number of amides is 2. The fourth-order valence-corrected chi connectivity index (χ4v) is 3.52. The smallest absolute Gasteiger partial charge is 0.416 e. The fraction of sp³-hybridized carbons (Fsp3) is 0.333. The molecule has 2 heterocycles. The maximum Gasteiger partial charge on any atom is 0.416 e. The van der Waals surface area contributed by atoms with E-state index in [0.717, 1.165) is 17.7 Å². The summed E-state index contributed by atoms with van der Waals surface area (Å²) in [6.45, 7) is 0.820. The third-order valence-electron chi connectivity index (χ3n) is 5.34. The SMILES string of the molecule is CN1CCC(C(=O)NCc2ccc3c(c2)Oc2ccc(C(F)(F)F)cc2N3)CC1=O. The van der Waals surface area contributed by atoms with Gasteiger partial charge in [-0.05, 0) is 42.3 Å². The van der Waals surface area contributed by atoms with Crippen LogP contribution in [0.5, 0.6) is 11.5 Å². The standard InChI is InChI=1S/C21H20F3N3O3/c1-27-7-6-13(9-19(27)28)20(29)25-11-12-2-4-15-18(8-12)30-17-5-3-14(21(22,23)24)10-16(17)26-15/h2-5,8,10,13,26H,6-7,9,11H2,1H3,(H,25,29). The molecule has 2 N–H and O–H groups in total. The molecule has 6 nitrogen and oxygen atoms in total. The minimum Gasteiger partial charge on any atom is -0.453 e. The van der Waals surface area contributed by atoms with E-state index in [0.29, 0.717) is 30.2 Å². The summed E-state index contributed by atoms with van der Waals surface area (Å²) in [5.41, 5.74) is 0.800. The Hall–Kier alpha value is -3.23. The zero-order chi connectivity index (χ0) is 21.5. The average molecular weight is 419 g/mol. The third-order valence-corrected chi connectivity index (χ3v) is 5.34. The molecular weight excluding hydrogens is 399 g/mol. The van der Waals surface area contributed by atoms with Gasteiger partial charge in [-0.3, -0.25) is 9.59 Å². The highest BCUT2D eigenvalue weighted by molar-refractivity contribution is 5.86. The number of alkyl halides is 3. The molecule has 2 amide bonds. The van der Waals surface area contributed by atoms with Crippen LogP contribution in [0.2, 0.25) is 0 Å². The summed E-state index contributed by atoms with van der Waals surface area (Å²) in [7, 11) is 1.72. The maximum atomic E-state index is 12.9. The zero-order valence-corrected chi connectivity index (χ0v) is 16.2. The topological polar surface area (TPSA) is 70.7 Å². The first-order chi connectivity index (χ1) is 14.2. The molecule has 4 rings (SSSR count). The van der Waals surface area contributed by atoms with Gasteiger partial charge in [0.25, 0.3) is 0 Å². The molecule has 1 fully saturated rings. The normalized spacial score (nSPS) is 18.1. The molecule has 1 unspecified atom stereocenters. The van der Waals surface area contributed by atoms with Crippen LogP contribution in [0.25, 0.3) is 0 Å². The molecular formula is C21H20F3N3O3. The number of anilines is 2. The lowest BCUT2D eigenvalue weighted by atomic mass is 9.95. The summed E-state index contributed by atoms with van der Waals surface area (Å²) in [5.74, 6) is 0.212. The van der Waals surface area contributed by atoms with E-state index in [1.54, 1.807) is 30.1 Å². The quantitative estimate of drug-likeness (QED) is 0.672. The predicted molar refractivity (Wildman–Crippen MR) is 103 cm³/mol. The lowest BCUT2D eigenvalue weighted by molar-refractivity contribution is -0.139. The molecule has 0 aromatic heterocycles. The first-order valence-electron chi connectivity index (χ1n) is 9.51. The Kier molecular flexibility index (Phi) is 5.05. The summed E-state index contributed by atoms with van der Waals surface area (Å²) in [4.78, 5) is 25.8. The molecule has 2 aromatic carbocycles. The lowest BCUT2D eigenvalue weighted by Crippen LogP contribution is -2.41. The molecule has 1 saturated heterocycles. The van der Waals surface area contributed by atoms with Gasteiger partial charge in [0.1, 0.15) is 0 Å². The van der Waals surface area contributed by atoms with Gasteiger partial charge in [-0.1, -0.05) is 6.07 Å². The highest BCUT2D eigenvalue weighted by Gasteiger charge is 2.32. The minimum absolute atomic E-state index is 0.0398. The number of piperidine rings is 1. The first kappa shape index (κ1) is 20.1. The van der Waals surface area contributed by atoms with E-state index < -0.39 is 11.7 Å². The number of ether oxygens (including phenoxy) is 1. The zero-order valence-electron chi connectivity index (χ0n) is 16.2. The number of nitrogens with one attached hydrogen (secondary N) is 2. The number of carbonyl (C=O) groups excluding carboxylic acids is 2.